The lowest BCUT2D eigenvalue weighted by atomic mass is 9.62. The molecule has 4 atom stereocenters. The molecule has 0 aromatic carbocycles. The Balaban J connectivity index is 5.24. The van der Waals surface area contributed by atoms with Crippen LogP contribution in [-0.2, 0) is 0 Å². The van der Waals surface area contributed by atoms with Gasteiger partial charge in [0.25, 0.3) is 0 Å². The lowest BCUT2D eigenvalue weighted by Gasteiger charge is -2.43. The first kappa shape index (κ1) is 18.0. The zero-order valence-electron chi connectivity index (χ0n) is 14.6. The Morgan fingerprint density at radius 3 is 0.667 bits per heavy atom. The van der Waals surface area contributed by atoms with E-state index in [1.807, 2.05) is 0 Å². The first-order chi connectivity index (χ1) is 8.11. The molecule has 0 N–H and O–H groups in total. The fourth-order valence-corrected chi connectivity index (χ4v) is 3.69. The molecule has 0 radical (unpaired) electrons. The van der Waals surface area contributed by atoms with Crippen LogP contribution in [0.25, 0.3) is 0 Å². The highest BCUT2D eigenvalue weighted by Crippen LogP contribution is 2.42. The lowest BCUT2D eigenvalue weighted by molar-refractivity contribution is 0.0504. The zero-order chi connectivity index (χ0) is 14.6. The van der Waals surface area contributed by atoms with E-state index < -0.39 is 0 Å². The van der Waals surface area contributed by atoms with Gasteiger partial charge in [-0.05, 0) is 47.3 Å². The monoisotopic (exact) mass is 254 g/mol. The van der Waals surface area contributed by atoms with Gasteiger partial charge in [0, 0.05) is 0 Å². The van der Waals surface area contributed by atoms with Crippen LogP contribution in [0.15, 0.2) is 0 Å². The van der Waals surface area contributed by atoms with Crippen molar-refractivity contribution in [3.8, 4) is 0 Å². The third-order valence-electron chi connectivity index (χ3n) is 5.30. The zero-order valence-corrected chi connectivity index (χ0v) is 14.6. The van der Waals surface area contributed by atoms with E-state index >= 15 is 0 Å². The molecular weight excluding hydrogens is 216 g/mol. The van der Waals surface area contributed by atoms with Gasteiger partial charge in [0.2, 0.25) is 0 Å². The molecule has 18 heavy (non-hydrogen) atoms. The molecule has 0 aliphatic rings. The number of hydrogen-bond donors (Lipinski definition) is 0. The number of hydrogen-bond acceptors (Lipinski definition) is 0. The summed E-state index contributed by atoms with van der Waals surface area (Å²) in [7, 11) is 0. The van der Waals surface area contributed by atoms with Crippen LogP contribution in [-0.4, -0.2) is 0 Å². The van der Waals surface area contributed by atoms with Crippen molar-refractivity contribution in [1.29, 1.82) is 0 Å². The maximum atomic E-state index is 2.47. The minimum atomic E-state index is 0.788. The summed E-state index contributed by atoms with van der Waals surface area (Å²) in [4.78, 5) is 0. The van der Waals surface area contributed by atoms with E-state index in [4.69, 9.17) is 0 Å². The van der Waals surface area contributed by atoms with Crippen molar-refractivity contribution in [3.63, 3.8) is 0 Å². The predicted molar refractivity (Wildman–Crippen MR) is 84.7 cm³/mol. The maximum Gasteiger partial charge on any atom is -0.0329 e. The van der Waals surface area contributed by atoms with Crippen molar-refractivity contribution in [1.82, 2.24) is 0 Å². The molecule has 0 aliphatic carbocycles. The molecule has 0 heterocycles. The van der Waals surface area contributed by atoms with E-state index in [0.29, 0.717) is 0 Å². The summed E-state index contributed by atoms with van der Waals surface area (Å²) in [5.74, 6) is 6.49. The Morgan fingerprint density at radius 2 is 0.556 bits per heavy atom. The van der Waals surface area contributed by atoms with E-state index in [9.17, 15) is 0 Å². The van der Waals surface area contributed by atoms with Crippen molar-refractivity contribution < 1.29 is 0 Å². The van der Waals surface area contributed by atoms with Crippen molar-refractivity contribution in [2.45, 2.75) is 69.2 Å². The minimum Gasteiger partial charge on any atom is -0.0625 e. The van der Waals surface area contributed by atoms with Crippen LogP contribution in [0, 0.1) is 47.3 Å². The van der Waals surface area contributed by atoms with Gasteiger partial charge in [-0.25, -0.2) is 0 Å². The second-order valence-corrected chi connectivity index (χ2v) is 7.85. The molecule has 0 amide bonds. The van der Waals surface area contributed by atoms with Gasteiger partial charge < -0.3 is 0 Å². The normalized spacial score (nSPS) is 19.7. The first-order valence-corrected chi connectivity index (χ1v) is 8.11. The second-order valence-electron chi connectivity index (χ2n) is 7.85. The van der Waals surface area contributed by atoms with Crippen LogP contribution in [0.1, 0.15) is 69.2 Å². The lowest BCUT2D eigenvalue weighted by Crippen LogP contribution is -2.37. The van der Waals surface area contributed by atoms with Crippen LogP contribution in [0.5, 0.6) is 0 Å². The standard InChI is InChI=1S/C18H38/c1-11(2)15(9)17(13(5)6)18(14(7)8)16(10)12(3)4/h11-18H,1-10H3. The molecule has 0 fully saturated rings. The second kappa shape index (κ2) is 7.56. The summed E-state index contributed by atoms with van der Waals surface area (Å²) < 4.78 is 0. The van der Waals surface area contributed by atoms with Crippen LogP contribution < -0.4 is 0 Å². The Bertz CT molecular complexity index is 188. The fourth-order valence-electron chi connectivity index (χ4n) is 3.69. The average Bonchev–Trinajstić information content (AvgIpc) is 2.22. The van der Waals surface area contributed by atoms with E-state index in [1.54, 1.807) is 0 Å². The first-order valence-electron chi connectivity index (χ1n) is 8.11. The molecule has 110 valence electrons. The molecule has 0 rings (SSSR count). The van der Waals surface area contributed by atoms with Gasteiger partial charge in [-0.2, -0.15) is 0 Å². The van der Waals surface area contributed by atoms with Crippen molar-refractivity contribution in [3.05, 3.63) is 0 Å². The van der Waals surface area contributed by atoms with Gasteiger partial charge in [0.15, 0.2) is 0 Å². The van der Waals surface area contributed by atoms with Gasteiger partial charge in [-0.15, -0.1) is 0 Å². The predicted octanol–water partition coefficient (Wildman–Crippen LogP) is 6.12. The molecule has 0 saturated carbocycles. The molecule has 4 unspecified atom stereocenters. The van der Waals surface area contributed by atoms with Gasteiger partial charge >= 0.3 is 0 Å². The molecule has 0 aromatic heterocycles. The summed E-state index contributed by atoms with van der Waals surface area (Å²) >= 11 is 0. The van der Waals surface area contributed by atoms with Gasteiger partial charge in [-0.1, -0.05) is 69.2 Å². The smallest absolute Gasteiger partial charge is 0.0329 e. The number of rotatable bonds is 7. The van der Waals surface area contributed by atoms with Gasteiger partial charge in [-0.3, -0.25) is 0 Å². The highest BCUT2D eigenvalue weighted by molar-refractivity contribution is 4.85. The van der Waals surface area contributed by atoms with Crippen LogP contribution in [0.2, 0.25) is 0 Å². The summed E-state index contributed by atoms with van der Waals surface area (Å²) in [6.07, 6.45) is 0. The largest absolute Gasteiger partial charge is 0.0625 e. The summed E-state index contributed by atoms with van der Waals surface area (Å²) in [6.45, 7) is 24.2. The molecule has 0 bridgehead atoms. The van der Waals surface area contributed by atoms with Gasteiger partial charge in [0.1, 0.15) is 0 Å². The Hall–Kier alpha value is 0. The maximum absolute atomic E-state index is 2.47. The van der Waals surface area contributed by atoms with Crippen molar-refractivity contribution in [2.75, 3.05) is 0 Å². The summed E-state index contributed by atoms with van der Waals surface area (Å²) in [6, 6.07) is 0. The molecule has 0 heteroatoms. The minimum absolute atomic E-state index is 0.788. The topological polar surface area (TPSA) is 0 Å². The van der Waals surface area contributed by atoms with E-state index in [2.05, 4.69) is 69.2 Å². The average molecular weight is 255 g/mol. The highest BCUT2D eigenvalue weighted by atomic mass is 14.4. The summed E-state index contributed by atoms with van der Waals surface area (Å²) in [5, 5.41) is 0. The van der Waals surface area contributed by atoms with Gasteiger partial charge in [0.05, 0.1) is 0 Å². The van der Waals surface area contributed by atoms with E-state index in [0.717, 1.165) is 47.3 Å². The third kappa shape index (κ3) is 4.59. The SMILES string of the molecule is CC(C)C(C)C(C(C)C)C(C(C)C)C(C)C(C)C. The Kier molecular flexibility index (Phi) is 7.56. The fraction of sp³-hybridized carbons (Fsp3) is 1.00. The van der Waals surface area contributed by atoms with Crippen molar-refractivity contribution in [2.24, 2.45) is 47.3 Å². The Morgan fingerprint density at radius 1 is 0.333 bits per heavy atom. The highest BCUT2D eigenvalue weighted by Gasteiger charge is 2.36. The third-order valence-corrected chi connectivity index (χ3v) is 5.30. The molecule has 0 spiro atoms. The molecule has 0 aromatic rings. The Labute approximate surface area is 117 Å². The van der Waals surface area contributed by atoms with Crippen LogP contribution >= 0.6 is 0 Å². The quantitative estimate of drug-likeness (QED) is 0.514. The van der Waals surface area contributed by atoms with Crippen LogP contribution in [0.4, 0.5) is 0 Å². The van der Waals surface area contributed by atoms with E-state index in [1.165, 1.54) is 0 Å². The molecule has 0 aliphatic heterocycles. The van der Waals surface area contributed by atoms with Crippen molar-refractivity contribution >= 4 is 0 Å². The molecular formula is C18H38. The molecule has 0 nitrogen and oxygen atoms in total. The van der Waals surface area contributed by atoms with E-state index in [-0.39, 0.29) is 0 Å². The van der Waals surface area contributed by atoms with Crippen LogP contribution in [0.3, 0.4) is 0 Å². The summed E-state index contributed by atoms with van der Waals surface area (Å²) in [5.41, 5.74) is 0. The molecule has 0 saturated heterocycles.